The molecular formula is C12H16Cl2O4S. The highest BCUT2D eigenvalue weighted by Gasteiger charge is 2.14. The van der Waals surface area contributed by atoms with Gasteiger partial charge in [0.15, 0.2) is 5.78 Å². The fourth-order valence-corrected chi connectivity index (χ4v) is 2.80. The fourth-order valence-electron chi connectivity index (χ4n) is 1.30. The zero-order valence-corrected chi connectivity index (χ0v) is 12.9. The van der Waals surface area contributed by atoms with E-state index in [1.54, 1.807) is 13.2 Å². The summed E-state index contributed by atoms with van der Waals surface area (Å²) in [4.78, 5) is 11.7. The molecule has 0 aromatic carbocycles. The topological polar surface area (TPSA) is 44.8 Å². The number of thiophene rings is 1. The third-order valence-electron chi connectivity index (χ3n) is 2.20. The standard InChI is InChI=1S/C12H16Cl2O4S/c1-16-3-2-4-17-5-6-18-8-10(15)9-7-11(13)19-12(9)14/h7H,2-6,8H2,1H3. The van der Waals surface area contributed by atoms with Crippen molar-refractivity contribution in [3.63, 3.8) is 0 Å². The molecule has 1 rings (SSSR count). The van der Waals surface area contributed by atoms with Gasteiger partial charge in [0.1, 0.15) is 10.9 Å². The minimum atomic E-state index is -0.174. The summed E-state index contributed by atoms with van der Waals surface area (Å²) in [6.07, 6.45) is 0.846. The van der Waals surface area contributed by atoms with E-state index in [0.717, 1.165) is 6.42 Å². The van der Waals surface area contributed by atoms with Gasteiger partial charge in [0.05, 0.1) is 23.1 Å². The Morgan fingerprint density at radius 3 is 2.58 bits per heavy atom. The molecule has 108 valence electrons. The SMILES string of the molecule is COCCCOCCOCC(=O)c1cc(Cl)sc1Cl. The maximum absolute atomic E-state index is 11.7. The van der Waals surface area contributed by atoms with Gasteiger partial charge in [-0.2, -0.15) is 0 Å². The molecule has 0 bridgehead atoms. The molecule has 0 aliphatic rings. The molecule has 1 aromatic rings. The van der Waals surface area contributed by atoms with Crippen molar-refractivity contribution in [1.29, 1.82) is 0 Å². The van der Waals surface area contributed by atoms with Gasteiger partial charge in [0.25, 0.3) is 0 Å². The Bertz CT molecular complexity index is 395. The number of methoxy groups -OCH3 is 1. The van der Waals surface area contributed by atoms with Gasteiger partial charge in [0, 0.05) is 20.3 Å². The molecule has 0 unspecified atom stereocenters. The molecule has 19 heavy (non-hydrogen) atoms. The van der Waals surface area contributed by atoms with Crippen LogP contribution >= 0.6 is 34.5 Å². The van der Waals surface area contributed by atoms with Crippen molar-refractivity contribution < 1.29 is 19.0 Å². The summed E-state index contributed by atoms with van der Waals surface area (Å²) < 4.78 is 16.3. The van der Waals surface area contributed by atoms with E-state index in [2.05, 4.69) is 0 Å². The van der Waals surface area contributed by atoms with Crippen LogP contribution in [-0.2, 0) is 14.2 Å². The van der Waals surface area contributed by atoms with Crippen LogP contribution in [0.1, 0.15) is 16.8 Å². The zero-order chi connectivity index (χ0) is 14.1. The van der Waals surface area contributed by atoms with E-state index in [4.69, 9.17) is 37.4 Å². The predicted molar refractivity (Wildman–Crippen MR) is 76.8 cm³/mol. The van der Waals surface area contributed by atoms with E-state index in [9.17, 15) is 4.79 Å². The summed E-state index contributed by atoms with van der Waals surface area (Å²) in [5.74, 6) is -0.174. The molecule has 4 nitrogen and oxygen atoms in total. The molecule has 0 spiro atoms. The highest BCUT2D eigenvalue weighted by molar-refractivity contribution is 7.20. The third kappa shape index (κ3) is 6.70. The maximum atomic E-state index is 11.7. The molecule has 0 N–H and O–H groups in total. The molecule has 1 aromatic heterocycles. The lowest BCUT2D eigenvalue weighted by molar-refractivity contribution is 0.0382. The Kier molecular flexibility index (Phi) is 8.61. The molecule has 0 fully saturated rings. The van der Waals surface area contributed by atoms with Gasteiger partial charge in [0.2, 0.25) is 0 Å². The number of carbonyl (C=O) groups is 1. The number of ether oxygens (including phenoxy) is 3. The molecule has 0 saturated heterocycles. The first kappa shape index (κ1) is 16.9. The monoisotopic (exact) mass is 326 g/mol. The van der Waals surface area contributed by atoms with Gasteiger partial charge >= 0.3 is 0 Å². The minimum absolute atomic E-state index is 0.0196. The lowest BCUT2D eigenvalue weighted by atomic mass is 10.2. The Hall–Kier alpha value is -0.170. The number of hydrogen-bond acceptors (Lipinski definition) is 5. The summed E-state index contributed by atoms with van der Waals surface area (Å²) in [6.45, 7) is 2.10. The van der Waals surface area contributed by atoms with E-state index < -0.39 is 0 Å². The Balaban J connectivity index is 2.09. The van der Waals surface area contributed by atoms with Crippen LogP contribution in [0.25, 0.3) is 0 Å². The highest BCUT2D eigenvalue weighted by atomic mass is 35.5. The third-order valence-corrected chi connectivity index (χ3v) is 3.69. The van der Waals surface area contributed by atoms with Crippen molar-refractivity contribution in [2.24, 2.45) is 0 Å². The first-order valence-corrected chi connectivity index (χ1v) is 7.35. The quantitative estimate of drug-likeness (QED) is 0.488. The molecule has 0 amide bonds. The maximum Gasteiger partial charge on any atom is 0.190 e. The van der Waals surface area contributed by atoms with Crippen LogP contribution in [0.3, 0.4) is 0 Å². The number of rotatable bonds is 10. The summed E-state index contributed by atoms with van der Waals surface area (Å²) in [5.41, 5.74) is 0.415. The minimum Gasteiger partial charge on any atom is -0.385 e. The van der Waals surface area contributed by atoms with E-state index in [1.165, 1.54) is 11.3 Å². The Morgan fingerprint density at radius 1 is 1.21 bits per heavy atom. The smallest absolute Gasteiger partial charge is 0.190 e. The lowest BCUT2D eigenvalue weighted by Crippen LogP contribution is -2.13. The molecule has 1 heterocycles. The van der Waals surface area contributed by atoms with Gasteiger partial charge in [-0.1, -0.05) is 23.2 Å². The lowest BCUT2D eigenvalue weighted by Gasteiger charge is -2.05. The molecule has 0 atom stereocenters. The first-order valence-electron chi connectivity index (χ1n) is 5.77. The zero-order valence-electron chi connectivity index (χ0n) is 10.6. The van der Waals surface area contributed by atoms with Crippen LogP contribution in [0, 0.1) is 0 Å². The number of halogens is 2. The van der Waals surface area contributed by atoms with Gasteiger partial charge in [-0.25, -0.2) is 0 Å². The summed E-state index contributed by atoms with van der Waals surface area (Å²) in [5, 5.41) is 0. The largest absolute Gasteiger partial charge is 0.385 e. The Labute approximate surface area is 126 Å². The molecule has 0 saturated carbocycles. The van der Waals surface area contributed by atoms with E-state index in [-0.39, 0.29) is 12.4 Å². The van der Waals surface area contributed by atoms with E-state index in [0.29, 0.717) is 40.7 Å². The first-order chi connectivity index (χ1) is 9.15. The fraction of sp³-hybridized carbons (Fsp3) is 0.583. The van der Waals surface area contributed by atoms with Crippen molar-refractivity contribution in [2.75, 3.05) is 40.1 Å². The second-order valence-electron chi connectivity index (χ2n) is 3.67. The van der Waals surface area contributed by atoms with Crippen LogP contribution < -0.4 is 0 Å². The number of carbonyl (C=O) groups excluding carboxylic acids is 1. The summed E-state index contributed by atoms with van der Waals surface area (Å²) >= 11 is 12.8. The van der Waals surface area contributed by atoms with Crippen LogP contribution in [0.5, 0.6) is 0 Å². The number of Topliss-reactive ketones (excluding diaryl/α,β-unsaturated/α-hetero) is 1. The summed E-state index contributed by atoms with van der Waals surface area (Å²) in [6, 6.07) is 1.56. The van der Waals surface area contributed by atoms with Crippen molar-refractivity contribution in [2.45, 2.75) is 6.42 Å². The second-order valence-corrected chi connectivity index (χ2v) is 5.96. The van der Waals surface area contributed by atoms with Crippen LogP contribution in [0.4, 0.5) is 0 Å². The molecule has 7 heteroatoms. The van der Waals surface area contributed by atoms with Crippen LogP contribution in [-0.4, -0.2) is 45.9 Å². The average molecular weight is 327 g/mol. The van der Waals surface area contributed by atoms with Crippen molar-refractivity contribution >= 4 is 40.3 Å². The van der Waals surface area contributed by atoms with Gasteiger partial charge in [-0.05, 0) is 12.5 Å². The molecule has 0 aliphatic carbocycles. The molecule has 0 radical (unpaired) electrons. The van der Waals surface area contributed by atoms with Gasteiger partial charge in [-0.3, -0.25) is 4.79 Å². The van der Waals surface area contributed by atoms with Gasteiger partial charge in [-0.15, -0.1) is 11.3 Å². The van der Waals surface area contributed by atoms with Gasteiger partial charge < -0.3 is 14.2 Å². The van der Waals surface area contributed by atoms with E-state index in [1.807, 2.05) is 0 Å². The van der Waals surface area contributed by atoms with Crippen molar-refractivity contribution in [1.82, 2.24) is 0 Å². The average Bonchev–Trinajstić information content (AvgIpc) is 2.71. The Morgan fingerprint density at radius 2 is 1.95 bits per heavy atom. The summed E-state index contributed by atoms with van der Waals surface area (Å²) in [7, 11) is 1.65. The van der Waals surface area contributed by atoms with Crippen LogP contribution in [0.15, 0.2) is 6.07 Å². The number of hydrogen-bond donors (Lipinski definition) is 0. The second kappa shape index (κ2) is 9.69. The molecular weight excluding hydrogens is 311 g/mol. The number of ketones is 1. The normalized spacial score (nSPS) is 10.9. The van der Waals surface area contributed by atoms with Crippen molar-refractivity contribution in [3.05, 3.63) is 20.3 Å². The highest BCUT2D eigenvalue weighted by Crippen LogP contribution is 2.31. The van der Waals surface area contributed by atoms with E-state index >= 15 is 0 Å². The predicted octanol–water partition coefficient (Wildman–Crippen LogP) is 3.31. The van der Waals surface area contributed by atoms with Crippen LogP contribution in [0.2, 0.25) is 8.67 Å². The molecule has 0 aliphatic heterocycles. The van der Waals surface area contributed by atoms with Crippen molar-refractivity contribution in [3.8, 4) is 0 Å².